The number of nitrogens with zero attached hydrogens (tertiary/aromatic N) is 4. The fraction of sp³-hybridized carbons (Fsp3) is 0.304. The highest BCUT2D eigenvalue weighted by Crippen LogP contribution is 2.20. The molecule has 0 fully saturated rings. The first kappa shape index (κ1) is 22.8. The Morgan fingerprint density at radius 1 is 1.24 bits per heavy atom. The van der Waals surface area contributed by atoms with Crippen molar-refractivity contribution in [2.24, 2.45) is 0 Å². The van der Waals surface area contributed by atoms with Crippen LogP contribution in [0, 0.1) is 6.92 Å². The van der Waals surface area contributed by atoms with E-state index in [0.717, 1.165) is 28.0 Å². The van der Waals surface area contributed by atoms with Gasteiger partial charge in [0.1, 0.15) is 7.11 Å². The van der Waals surface area contributed by atoms with Gasteiger partial charge in [0.05, 0.1) is 17.6 Å². The largest absolute Gasteiger partial charge is 0.365 e. The van der Waals surface area contributed by atoms with Crippen molar-refractivity contribution in [2.45, 2.75) is 26.4 Å². The summed E-state index contributed by atoms with van der Waals surface area (Å²) in [5, 5.41) is 15.5. The number of H-pyrrole nitrogens is 1. The first-order valence-electron chi connectivity index (χ1n) is 10.7. The van der Waals surface area contributed by atoms with E-state index in [2.05, 4.69) is 25.8 Å². The molecule has 0 aliphatic heterocycles. The van der Waals surface area contributed by atoms with Gasteiger partial charge in [-0.15, -0.1) is 0 Å². The molecule has 0 radical (unpaired) electrons. The summed E-state index contributed by atoms with van der Waals surface area (Å²) in [5.74, 6) is 0.342. The number of rotatable bonds is 10. The summed E-state index contributed by atoms with van der Waals surface area (Å²) in [6.07, 6.45) is 4.25. The Balaban J connectivity index is 1.34. The Labute approximate surface area is 196 Å². The van der Waals surface area contributed by atoms with Crippen molar-refractivity contribution in [3.63, 3.8) is 0 Å². The second-order valence-electron chi connectivity index (χ2n) is 7.62. The van der Waals surface area contributed by atoms with Gasteiger partial charge in [-0.25, -0.2) is 4.98 Å². The molecule has 0 aliphatic rings. The second kappa shape index (κ2) is 10.5. The van der Waals surface area contributed by atoms with Crippen LogP contribution in [0.1, 0.15) is 17.1 Å². The van der Waals surface area contributed by atoms with Crippen LogP contribution in [0.25, 0.3) is 10.9 Å². The molecule has 0 unspecified atom stereocenters. The van der Waals surface area contributed by atoms with E-state index < -0.39 is 0 Å². The number of aryl methyl sites for hydroxylation is 1. The van der Waals surface area contributed by atoms with E-state index >= 15 is 0 Å². The summed E-state index contributed by atoms with van der Waals surface area (Å²) >= 11 is 6.11. The van der Waals surface area contributed by atoms with Crippen LogP contribution in [-0.4, -0.2) is 39.9 Å². The van der Waals surface area contributed by atoms with Crippen molar-refractivity contribution in [1.29, 1.82) is 0 Å². The molecule has 4 aromatic rings. The number of aromatic amines is 1. The summed E-state index contributed by atoms with van der Waals surface area (Å²) in [6.45, 7) is 4.18. The van der Waals surface area contributed by atoms with Crippen molar-refractivity contribution in [3.05, 3.63) is 81.3 Å². The predicted octanol–water partition coefficient (Wildman–Crippen LogP) is 1.87. The fourth-order valence-electron chi connectivity index (χ4n) is 3.69. The summed E-state index contributed by atoms with van der Waals surface area (Å²) in [4.78, 5) is 22.5. The minimum absolute atomic E-state index is 0.136. The third kappa shape index (κ3) is 5.32. The molecular formula is C23H27ClN7O2+. The highest BCUT2D eigenvalue weighted by molar-refractivity contribution is 6.31. The summed E-state index contributed by atoms with van der Waals surface area (Å²) in [5.41, 5.74) is 3.51. The molecule has 3 N–H and O–H groups in total. The number of fused-ring (bicyclic) bond motifs is 1. The van der Waals surface area contributed by atoms with E-state index in [1.807, 2.05) is 49.5 Å². The number of hydrogen-bond acceptors (Lipinski definition) is 6. The van der Waals surface area contributed by atoms with Gasteiger partial charge in [-0.1, -0.05) is 11.6 Å². The van der Waals surface area contributed by atoms with Gasteiger partial charge in [0.15, 0.2) is 5.82 Å². The summed E-state index contributed by atoms with van der Waals surface area (Å²) in [7, 11) is 1.62. The topological polar surface area (TPSA) is 101 Å². The predicted molar refractivity (Wildman–Crippen MR) is 127 cm³/mol. The van der Waals surface area contributed by atoms with Gasteiger partial charge in [0.25, 0.3) is 5.56 Å². The first-order chi connectivity index (χ1) is 16.1. The number of pyridine rings is 1. The third-order valence-electron chi connectivity index (χ3n) is 5.44. The van der Waals surface area contributed by atoms with E-state index in [1.54, 1.807) is 22.6 Å². The third-order valence-corrected chi connectivity index (χ3v) is 5.67. The van der Waals surface area contributed by atoms with Crippen LogP contribution in [-0.2, 0) is 19.5 Å². The van der Waals surface area contributed by atoms with Gasteiger partial charge in [-0.2, -0.15) is 5.10 Å². The summed E-state index contributed by atoms with van der Waals surface area (Å²) < 4.78 is 3.42. The highest BCUT2D eigenvalue weighted by atomic mass is 35.5. The quantitative estimate of drug-likeness (QED) is 0.243. The number of anilines is 1. The zero-order valence-electron chi connectivity index (χ0n) is 18.6. The molecule has 0 aliphatic carbocycles. The normalized spacial score (nSPS) is 11.1. The minimum Gasteiger partial charge on any atom is -0.365 e. The molecule has 172 valence electrons. The number of halogens is 1. The van der Waals surface area contributed by atoms with Gasteiger partial charge in [-0.05, 0) is 31.2 Å². The second-order valence-corrected chi connectivity index (χ2v) is 8.06. The zero-order valence-corrected chi connectivity index (χ0v) is 19.4. The van der Waals surface area contributed by atoms with Gasteiger partial charge < -0.3 is 15.2 Å². The standard InChI is InChI=1S/C23H27ClN7O2/c1-16-14-27-22(26-9-8-18-5-3-4-11-31(18)33-2)23(32)30(16)12-10-25-15-21-19-13-17(24)6-7-20(19)28-29-21/h3-7,11,13-14,25H,8-10,12,15H2,1-2H3,(H,26,27)(H,28,29)/q+1. The molecule has 3 aromatic heterocycles. The average Bonchev–Trinajstić information content (AvgIpc) is 3.22. The first-order valence-corrected chi connectivity index (χ1v) is 11.1. The lowest BCUT2D eigenvalue weighted by atomic mass is 10.2. The van der Waals surface area contributed by atoms with Gasteiger partial charge >= 0.3 is 0 Å². The maximum absolute atomic E-state index is 12.9. The molecule has 0 saturated carbocycles. The van der Waals surface area contributed by atoms with Crippen LogP contribution in [0.3, 0.4) is 0 Å². The monoisotopic (exact) mass is 468 g/mol. The maximum Gasteiger partial charge on any atom is 0.293 e. The van der Waals surface area contributed by atoms with E-state index in [0.29, 0.717) is 43.4 Å². The Bertz CT molecular complexity index is 1300. The molecule has 9 nitrogen and oxygen atoms in total. The molecule has 1 aromatic carbocycles. The lowest BCUT2D eigenvalue weighted by molar-refractivity contribution is -0.890. The number of nitrogens with one attached hydrogen (secondary N) is 3. The fourth-order valence-corrected chi connectivity index (χ4v) is 3.86. The van der Waals surface area contributed by atoms with Crippen LogP contribution >= 0.6 is 11.6 Å². The van der Waals surface area contributed by atoms with Crippen molar-refractivity contribution >= 4 is 28.3 Å². The van der Waals surface area contributed by atoms with Crippen molar-refractivity contribution in [3.8, 4) is 0 Å². The Morgan fingerprint density at radius 2 is 2.12 bits per heavy atom. The van der Waals surface area contributed by atoms with E-state index in [-0.39, 0.29) is 5.56 Å². The molecule has 0 spiro atoms. The number of benzene rings is 1. The van der Waals surface area contributed by atoms with Gasteiger partial charge in [-0.3, -0.25) is 14.7 Å². The Kier molecular flexibility index (Phi) is 7.21. The van der Waals surface area contributed by atoms with Crippen LogP contribution in [0.2, 0.25) is 5.02 Å². The lowest BCUT2D eigenvalue weighted by Crippen LogP contribution is -2.44. The van der Waals surface area contributed by atoms with E-state index in [1.165, 1.54) is 0 Å². The molecule has 10 heteroatoms. The summed E-state index contributed by atoms with van der Waals surface area (Å²) in [6, 6.07) is 11.4. The van der Waals surface area contributed by atoms with Gasteiger partial charge in [0.2, 0.25) is 11.9 Å². The zero-order chi connectivity index (χ0) is 23.2. The molecule has 0 saturated heterocycles. The van der Waals surface area contributed by atoms with Crippen LogP contribution in [0.15, 0.2) is 53.6 Å². The van der Waals surface area contributed by atoms with Crippen LogP contribution < -0.4 is 25.8 Å². The van der Waals surface area contributed by atoms with Crippen molar-refractivity contribution < 1.29 is 9.57 Å². The van der Waals surface area contributed by atoms with Crippen molar-refractivity contribution in [2.75, 3.05) is 25.5 Å². The SMILES string of the molecule is CO[n+]1ccccc1CCNc1ncc(C)n(CCNCc2[nH]nc3ccc(Cl)cc23)c1=O. The van der Waals surface area contributed by atoms with Crippen LogP contribution in [0.5, 0.6) is 0 Å². The van der Waals surface area contributed by atoms with E-state index in [9.17, 15) is 4.79 Å². The molecule has 4 rings (SSSR count). The molecule has 0 amide bonds. The Hall–Kier alpha value is -3.43. The molecule has 0 bridgehead atoms. The molecular weight excluding hydrogens is 442 g/mol. The average molecular weight is 469 g/mol. The molecule has 3 heterocycles. The highest BCUT2D eigenvalue weighted by Gasteiger charge is 2.12. The van der Waals surface area contributed by atoms with Crippen molar-refractivity contribution in [1.82, 2.24) is 25.1 Å². The number of aromatic nitrogens is 5. The van der Waals surface area contributed by atoms with E-state index in [4.69, 9.17) is 16.4 Å². The Morgan fingerprint density at radius 3 is 2.97 bits per heavy atom. The molecule has 0 atom stereocenters. The minimum atomic E-state index is -0.136. The maximum atomic E-state index is 12.9. The smallest absolute Gasteiger partial charge is 0.293 e. The van der Waals surface area contributed by atoms with Crippen LogP contribution in [0.4, 0.5) is 5.82 Å². The lowest BCUT2D eigenvalue weighted by Gasteiger charge is -2.12. The van der Waals surface area contributed by atoms with Gasteiger partial charge in [0, 0.05) is 65.3 Å². The molecule has 33 heavy (non-hydrogen) atoms. The number of hydrogen-bond donors (Lipinski definition) is 3.